The van der Waals surface area contributed by atoms with Gasteiger partial charge in [-0.1, -0.05) is 29.8 Å². The summed E-state index contributed by atoms with van der Waals surface area (Å²) in [7, 11) is -3.57. The molecule has 3 rings (SSSR count). The Morgan fingerprint density at radius 3 is 2.52 bits per heavy atom. The van der Waals surface area contributed by atoms with Gasteiger partial charge in [0.2, 0.25) is 10.0 Å². The molecule has 1 atom stereocenters. The van der Waals surface area contributed by atoms with Crippen molar-refractivity contribution < 1.29 is 12.9 Å². The highest BCUT2D eigenvalue weighted by molar-refractivity contribution is 7.89. The lowest BCUT2D eigenvalue weighted by Crippen LogP contribution is -2.32. The van der Waals surface area contributed by atoms with E-state index in [2.05, 4.69) is 12.1 Å². The first-order valence-electron chi connectivity index (χ1n) is 8.89. The molecule has 2 aromatic rings. The van der Waals surface area contributed by atoms with E-state index in [4.69, 9.17) is 4.52 Å². The number of hydrogen-bond donors (Lipinski definition) is 0. The van der Waals surface area contributed by atoms with Gasteiger partial charge in [-0.25, -0.2) is 8.42 Å². The van der Waals surface area contributed by atoms with Crippen LogP contribution in [0.5, 0.6) is 0 Å². The monoisotopic (exact) mass is 362 g/mol. The van der Waals surface area contributed by atoms with Crippen molar-refractivity contribution >= 4 is 10.0 Å². The van der Waals surface area contributed by atoms with Crippen molar-refractivity contribution in [3.05, 3.63) is 46.3 Å². The van der Waals surface area contributed by atoms with E-state index in [0.717, 1.165) is 53.8 Å². The summed E-state index contributed by atoms with van der Waals surface area (Å²) in [6, 6.07) is 5.54. The largest absolute Gasteiger partial charge is 0.361 e. The zero-order valence-electron chi connectivity index (χ0n) is 15.4. The van der Waals surface area contributed by atoms with Crippen LogP contribution in [0, 0.1) is 20.8 Å². The van der Waals surface area contributed by atoms with Crippen molar-refractivity contribution in [3.8, 4) is 0 Å². The SMILES string of the molecule is CCCc1cc([C@H]2CCCN2S(=O)(=O)c2c(C)cc(C)cc2C)no1. The second-order valence-electron chi connectivity index (χ2n) is 6.97. The van der Waals surface area contributed by atoms with E-state index in [1.54, 1.807) is 4.31 Å². The molecule has 0 aliphatic carbocycles. The number of rotatable bonds is 5. The lowest BCUT2D eigenvalue weighted by Gasteiger charge is -2.24. The van der Waals surface area contributed by atoms with Gasteiger partial charge in [0.05, 0.1) is 10.9 Å². The Morgan fingerprint density at radius 2 is 1.88 bits per heavy atom. The Bertz CT molecular complexity index is 848. The highest BCUT2D eigenvalue weighted by Gasteiger charge is 2.39. The maximum atomic E-state index is 13.4. The van der Waals surface area contributed by atoms with E-state index in [-0.39, 0.29) is 6.04 Å². The minimum atomic E-state index is -3.57. The maximum Gasteiger partial charge on any atom is 0.244 e. The molecule has 0 N–H and O–H groups in total. The van der Waals surface area contributed by atoms with Gasteiger partial charge < -0.3 is 4.52 Å². The fourth-order valence-corrected chi connectivity index (χ4v) is 5.95. The van der Waals surface area contributed by atoms with E-state index in [1.807, 2.05) is 39.0 Å². The van der Waals surface area contributed by atoms with Crippen LogP contribution in [0.3, 0.4) is 0 Å². The quantitative estimate of drug-likeness (QED) is 0.804. The van der Waals surface area contributed by atoms with Crippen LogP contribution in [-0.4, -0.2) is 24.4 Å². The standard InChI is InChI=1S/C19H26N2O3S/c1-5-7-16-12-17(20-24-16)18-8-6-9-21(18)25(22,23)19-14(3)10-13(2)11-15(19)4/h10-12,18H,5-9H2,1-4H3/t18-/m1/s1. The van der Waals surface area contributed by atoms with Crippen molar-refractivity contribution in [1.29, 1.82) is 0 Å². The molecule has 0 unspecified atom stereocenters. The molecule has 25 heavy (non-hydrogen) atoms. The summed E-state index contributed by atoms with van der Waals surface area (Å²) in [5.41, 5.74) is 3.41. The minimum Gasteiger partial charge on any atom is -0.361 e. The van der Waals surface area contributed by atoms with Crippen LogP contribution in [0.2, 0.25) is 0 Å². The van der Waals surface area contributed by atoms with E-state index in [0.29, 0.717) is 11.4 Å². The molecule has 1 aromatic heterocycles. The van der Waals surface area contributed by atoms with Crippen molar-refractivity contribution in [2.45, 2.75) is 64.3 Å². The first-order chi connectivity index (χ1) is 11.8. The van der Waals surface area contributed by atoms with Crippen molar-refractivity contribution in [3.63, 3.8) is 0 Å². The van der Waals surface area contributed by atoms with Crippen molar-refractivity contribution in [1.82, 2.24) is 9.46 Å². The maximum absolute atomic E-state index is 13.4. The molecular weight excluding hydrogens is 336 g/mol. The van der Waals surface area contributed by atoms with Crippen LogP contribution in [0.15, 0.2) is 27.6 Å². The molecule has 136 valence electrons. The molecule has 0 amide bonds. The first kappa shape index (κ1) is 18.1. The van der Waals surface area contributed by atoms with Crippen LogP contribution in [0.1, 0.15) is 60.4 Å². The number of sulfonamides is 1. The van der Waals surface area contributed by atoms with Gasteiger partial charge >= 0.3 is 0 Å². The van der Waals surface area contributed by atoms with Gasteiger partial charge in [0.1, 0.15) is 11.5 Å². The molecule has 1 saturated heterocycles. The molecule has 1 fully saturated rings. The van der Waals surface area contributed by atoms with E-state index in [1.165, 1.54) is 0 Å². The Morgan fingerprint density at radius 1 is 1.20 bits per heavy atom. The molecule has 0 spiro atoms. The Labute approximate surface area is 150 Å². The van der Waals surface area contributed by atoms with Gasteiger partial charge in [-0.15, -0.1) is 0 Å². The summed E-state index contributed by atoms with van der Waals surface area (Å²) in [5.74, 6) is 0.824. The lowest BCUT2D eigenvalue weighted by atomic mass is 10.1. The number of nitrogens with zero attached hydrogens (tertiary/aromatic N) is 2. The topological polar surface area (TPSA) is 63.4 Å². The van der Waals surface area contributed by atoms with Gasteiger partial charge in [-0.05, 0) is 51.2 Å². The van der Waals surface area contributed by atoms with Crippen LogP contribution in [-0.2, 0) is 16.4 Å². The number of aryl methyl sites for hydroxylation is 4. The minimum absolute atomic E-state index is 0.237. The number of aromatic nitrogens is 1. The van der Waals surface area contributed by atoms with Gasteiger partial charge in [-0.3, -0.25) is 0 Å². The second kappa shape index (κ2) is 6.92. The Hall–Kier alpha value is -1.66. The first-order valence-corrected chi connectivity index (χ1v) is 10.3. The summed E-state index contributed by atoms with van der Waals surface area (Å²) in [6.45, 7) is 8.33. The Kier molecular flexibility index (Phi) is 5.02. The van der Waals surface area contributed by atoms with Crippen LogP contribution in [0.4, 0.5) is 0 Å². The summed E-state index contributed by atoms with van der Waals surface area (Å²) in [5, 5.41) is 4.15. The number of hydrogen-bond acceptors (Lipinski definition) is 4. The zero-order chi connectivity index (χ0) is 18.2. The summed E-state index contributed by atoms with van der Waals surface area (Å²) >= 11 is 0. The fraction of sp³-hybridized carbons (Fsp3) is 0.526. The summed E-state index contributed by atoms with van der Waals surface area (Å²) in [6.07, 6.45) is 3.41. The third kappa shape index (κ3) is 3.37. The number of benzene rings is 1. The average Bonchev–Trinajstić information content (AvgIpc) is 3.14. The molecule has 0 saturated carbocycles. The molecule has 1 aliphatic heterocycles. The molecule has 1 aliphatic rings. The van der Waals surface area contributed by atoms with E-state index >= 15 is 0 Å². The highest BCUT2D eigenvalue weighted by Crippen LogP contribution is 2.38. The molecule has 0 radical (unpaired) electrons. The predicted molar refractivity (Wildman–Crippen MR) is 97.0 cm³/mol. The third-order valence-electron chi connectivity index (χ3n) is 4.79. The summed E-state index contributed by atoms with van der Waals surface area (Å²) in [4.78, 5) is 0.433. The van der Waals surface area contributed by atoms with E-state index < -0.39 is 10.0 Å². The average molecular weight is 362 g/mol. The summed E-state index contributed by atoms with van der Waals surface area (Å²) < 4.78 is 33.7. The zero-order valence-corrected chi connectivity index (χ0v) is 16.2. The second-order valence-corrected chi connectivity index (χ2v) is 8.80. The molecule has 2 heterocycles. The van der Waals surface area contributed by atoms with Gasteiger partial charge in [-0.2, -0.15) is 4.31 Å². The van der Waals surface area contributed by atoms with Crippen LogP contribution < -0.4 is 0 Å². The van der Waals surface area contributed by atoms with Gasteiger partial charge in [0.25, 0.3) is 0 Å². The Balaban J connectivity index is 1.98. The van der Waals surface area contributed by atoms with Gasteiger partial charge in [0.15, 0.2) is 0 Å². The molecule has 6 heteroatoms. The van der Waals surface area contributed by atoms with Gasteiger partial charge in [0, 0.05) is 19.0 Å². The smallest absolute Gasteiger partial charge is 0.244 e. The van der Waals surface area contributed by atoms with E-state index in [9.17, 15) is 8.42 Å². The molecular formula is C19H26N2O3S. The molecule has 1 aromatic carbocycles. The van der Waals surface area contributed by atoms with Crippen molar-refractivity contribution in [2.75, 3.05) is 6.54 Å². The van der Waals surface area contributed by atoms with Crippen LogP contribution in [0.25, 0.3) is 0 Å². The third-order valence-corrected chi connectivity index (χ3v) is 7.00. The predicted octanol–water partition coefficient (Wildman–Crippen LogP) is 4.08. The normalized spacial score (nSPS) is 18.8. The molecule has 0 bridgehead atoms. The lowest BCUT2D eigenvalue weighted by molar-refractivity contribution is 0.343. The van der Waals surface area contributed by atoms with Crippen LogP contribution >= 0.6 is 0 Å². The molecule has 5 nitrogen and oxygen atoms in total. The highest BCUT2D eigenvalue weighted by atomic mass is 32.2. The fourth-order valence-electron chi connectivity index (χ4n) is 3.86. The van der Waals surface area contributed by atoms with Crippen molar-refractivity contribution in [2.24, 2.45) is 0 Å².